The minimum Gasteiger partial charge on any atom is -0.496 e. The maximum Gasteiger partial charge on any atom is 0.191 e. The first-order chi connectivity index (χ1) is 13.9. The van der Waals surface area contributed by atoms with E-state index < -0.39 is 15.9 Å². The van der Waals surface area contributed by atoms with Crippen LogP contribution in [-0.4, -0.2) is 58.1 Å². The number of aliphatic hydroxyl groups excluding tert-OH is 1. The molecule has 0 saturated heterocycles. The van der Waals surface area contributed by atoms with E-state index in [4.69, 9.17) is 4.74 Å². The van der Waals surface area contributed by atoms with Gasteiger partial charge in [0.15, 0.2) is 15.8 Å². The summed E-state index contributed by atoms with van der Waals surface area (Å²) in [5.41, 5.74) is 2.26. The Bertz CT molecular complexity index is 903. The van der Waals surface area contributed by atoms with E-state index in [2.05, 4.69) is 21.7 Å². The Kier molecular flexibility index (Phi) is 11.7. The third-order valence-corrected chi connectivity index (χ3v) is 7.43. The Morgan fingerprint density at radius 2 is 2.07 bits per heavy atom. The zero-order chi connectivity index (χ0) is 21.3. The largest absolute Gasteiger partial charge is 0.496 e. The number of aliphatic imine (C=N–C) groups is 1. The van der Waals surface area contributed by atoms with Crippen LogP contribution in [0.5, 0.6) is 5.75 Å². The maximum atomic E-state index is 12.2. The highest BCUT2D eigenvalue weighted by Crippen LogP contribution is 2.20. The second kappa shape index (κ2) is 13.1. The number of halogens is 1. The van der Waals surface area contributed by atoms with Crippen molar-refractivity contribution in [2.24, 2.45) is 4.99 Å². The third kappa shape index (κ3) is 8.40. The van der Waals surface area contributed by atoms with Gasteiger partial charge in [0.2, 0.25) is 0 Å². The van der Waals surface area contributed by atoms with Gasteiger partial charge in [-0.2, -0.15) is 0 Å². The molecule has 1 unspecified atom stereocenters. The topological polar surface area (TPSA) is 100 Å². The number of thiophene rings is 1. The van der Waals surface area contributed by atoms with Gasteiger partial charge >= 0.3 is 0 Å². The molecule has 2 rings (SSSR count). The molecule has 1 atom stereocenters. The van der Waals surface area contributed by atoms with Gasteiger partial charge in [0.1, 0.15) is 9.96 Å². The van der Waals surface area contributed by atoms with Crippen molar-refractivity contribution in [3.63, 3.8) is 0 Å². The molecule has 1 aromatic carbocycles. The fourth-order valence-electron chi connectivity index (χ4n) is 2.79. The fraction of sp³-hybridized carbons (Fsp3) is 0.450. The molecule has 0 bridgehead atoms. The standard InChI is InChI=1S/C20H29N3O4S2.HI/c1-4-21-20(22-10-9-16-12-15(2)7-8-18(16)27-3)23-13-17(24)14-29(25,26)19-6-5-11-28-19;/h5-8,11-12,17,24H,4,9-10,13-14H2,1-3H3,(H2,21,22,23);1H. The van der Waals surface area contributed by atoms with Gasteiger partial charge in [0.05, 0.1) is 25.5 Å². The number of hydrogen-bond acceptors (Lipinski definition) is 6. The zero-order valence-corrected chi connectivity index (χ0v) is 21.4. The molecular formula is C20H30IN3O4S2. The van der Waals surface area contributed by atoms with E-state index >= 15 is 0 Å². The number of nitrogens with zero attached hydrogens (tertiary/aromatic N) is 1. The van der Waals surface area contributed by atoms with Crippen LogP contribution >= 0.6 is 35.3 Å². The molecule has 168 valence electrons. The van der Waals surface area contributed by atoms with Crippen LogP contribution in [0.25, 0.3) is 0 Å². The average molecular weight is 568 g/mol. The minimum atomic E-state index is -3.50. The molecule has 2 aromatic rings. The minimum absolute atomic E-state index is 0. The summed E-state index contributed by atoms with van der Waals surface area (Å²) in [6.07, 6.45) is -0.334. The molecule has 0 saturated carbocycles. The Morgan fingerprint density at radius 1 is 1.30 bits per heavy atom. The molecule has 1 aromatic heterocycles. The van der Waals surface area contributed by atoms with Crippen LogP contribution in [0.2, 0.25) is 0 Å². The number of methoxy groups -OCH3 is 1. The van der Waals surface area contributed by atoms with Crippen LogP contribution < -0.4 is 15.4 Å². The van der Waals surface area contributed by atoms with E-state index in [-0.39, 0.29) is 40.5 Å². The Morgan fingerprint density at radius 3 is 2.70 bits per heavy atom. The van der Waals surface area contributed by atoms with Gasteiger partial charge in [0, 0.05) is 13.1 Å². The van der Waals surface area contributed by atoms with Crippen LogP contribution in [0.15, 0.2) is 44.9 Å². The van der Waals surface area contributed by atoms with Crippen LogP contribution in [0.4, 0.5) is 0 Å². The van der Waals surface area contributed by atoms with Gasteiger partial charge in [-0.3, -0.25) is 4.99 Å². The number of rotatable bonds is 10. The van der Waals surface area contributed by atoms with Gasteiger partial charge in [0.25, 0.3) is 0 Å². The van der Waals surface area contributed by atoms with Crippen molar-refractivity contribution in [1.82, 2.24) is 10.6 Å². The van der Waals surface area contributed by atoms with Crippen molar-refractivity contribution in [2.75, 3.05) is 32.5 Å². The van der Waals surface area contributed by atoms with Crippen LogP contribution in [0, 0.1) is 6.92 Å². The summed E-state index contributed by atoms with van der Waals surface area (Å²) in [5.74, 6) is 1.02. The number of nitrogens with one attached hydrogen (secondary N) is 2. The predicted molar refractivity (Wildman–Crippen MR) is 133 cm³/mol. The number of guanidine groups is 1. The van der Waals surface area contributed by atoms with E-state index in [9.17, 15) is 13.5 Å². The molecule has 7 nitrogen and oxygen atoms in total. The van der Waals surface area contributed by atoms with Gasteiger partial charge in [-0.25, -0.2) is 8.42 Å². The summed E-state index contributed by atoms with van der Waals surface area (Å²) in [5, 5.41) is 18.2. The summed E-state index contributed by atoms with van der Waals surface area (Å²) in [6.45, 7) is 5.25. The molecule has 3 N–H and O–H groups in total. The van der Waals surface area contributed by atoms with Crippen LogP contribution in [-0.2, 0) is 16.3 Å². The molecule has 30 heavy (non-hydrogen) atoms. The van der Waals surface area contributed by atoms with Crippen molar-refractivity contribution in [3.05, 3.63) is 46.8 Å². The van der Waals surface area contributed by atoms with Crippen molar-refractivity contribution in [3.8, 4) is 5.75 Å². The smallest absolute Gasteiger partial charge is 0.191 e. The second-order valence-corrected chi connectivity index (χ2v) is 9.79. The highest BCUT2D eigenvalue weighted by Gasteiger charge is 2.20. The SMILES string of the molecule is CCNC(=NCC(O)CS(=O)(=O)c1cccs1)NCCc1cc(C)ccc1OC.I. The molecule has 0 amide bonds. The van der Waals surface area contributed by atoms with Gasteiger partial charge < -0.3 is 20.5 Å². The number of aliphatic hydroxyl groups is 1. The predicted octanol–water partition coefficient (Wildman–Crippen LogP) is 2.62. The summed E-state index contributed by atoms with van der Waals surface area (Å²) in [6, 6.07) is 9.27. The molecular weight excluding hydrogens is 537 g/mol. The van der Waals surface area contributed by atoms with Gasteiger partial charge in [-0.1, -0.05) is 23.8 Å². The van der Waals surface area contributed by atoms with E-state index in [0.717, 1.165) is 34.6 Å². The number of aryl methyl sites for hydroxylation is 1. The molecule has 10 heteroatoms. The van der Waals surface area contributed by atoms with Crippen LogP contribution in [0.3, 0.4) is 0 Å². The van der Waals surface area contributed by atoms with Crippen molar-refractivity contribution in [1.29, 1.82) is 0 Å². The fourth-order valence-corrected chi connectivity index (χ4v) is 5.25. The van der Waals surface area contributed by atoms with Crippen molar-refractivity contribution >= 4 is 51.1 Å². The lowest BCUT2D eigenvalue weighted by atomic mass is 10.1. The number of sulfone groups is 1. The average Bonchev–Trinajstić information content (AvgIpc) is 3.22. The van der Waals surface area contributed by atoms with E-state index in [1.807, 2.05) is 26.0 Å². The Balaban J connectivity index is 0.00000450. The molecule has 0 aliphatic rings. The molecule has 0 spiro atoms. The second-order valence-electron chi connectivity index (χ2n) is 6.58. The summed E-state index contributed by atoms with van der Waals surface area (Å²) in [4.78, 5) is 4.32. The molecule has 0 aliphatic carbocycles. The number of hydrogen-bond donors (Lipinski definition) is 3. The Hall–Kier alpha value is -1.37. The van der Waals surface area contributed by atoms with E-state index in [1.54, 1.807) is 24.6 Å². The maximum absolute atomic E-state index is 12.2. The summed E-state index contributed by atoms with van der Waals surface area (Å²) >= 11 is 1.15. The first-order valence-electron chi connectivity index (χ1n) is 9.45. The first kappa shape index (κ1) is 26.7. The molecule has 0 aliphatic heterocycles. The normalized spacial score (nSPS) is 12.7. The highest BCUT2D eigenvalue weighted by atomic mass is 127. The van der Waals surface area contributed by atoms with Gasteiger partial charge in [-0.15, -0.1) is 35.3 Å². The Labute approximate surface area is 199 Å². The lowest BCUT2D eigenvalue weighted by Gasteiger charge is -2.14. The highest BCUT2D eigenvalue weighted by molar-refractivity contribution is 14.0. The molecule has 1 heterocycles. The van der Waals surface area contributed by atoms with E-state index in [1.165, 1.54) is 0 Å². The number of ether oxygens (including phenoxy) is 1. The van der Waals surface area contributed by atoms with E-state index in [0.29, 0.717) is 19.0 Å². The lowest BCUT2D eigenvalue weighted by Crippen LogP contribution is -2.39. The van der Waals surface area contributed by atoms with Crippen molar-refractivity contribution in [2.45, 2.75) is 30.6 Å². The van der Waals surface area contributed by atoms with Crippen LogP contribution in [0.1, 0.15) is 18.1 Å². The monoisotopic (exact) mass is 567 g/mol. The summed E-state index contributed by atoms with van der Waals surface area (Å²) < 4.78 is 30.2. The number of benzene rings is 1. The molecule has 0 radical (unpaired) electrons. The third-order valence-electron chi connectivity index (χ3n) is 4.14. The lowest BCUT2D eigenvalue weighted by molar-refractivity contribution is 0.206. The van der Waals surface area contributed by atoms with Crippen molar-refractivity contribution < 1.29 is 18.3 Å². The van der Waals surface area contributed by atoms with Gasteiger partial charge in [-0.05, 0) is 43.3 Å². The molecule has 0 fully saturated rings. The zero-order valence-electron chi connectivity index (χ0n) is 17.4. The quantitative estimate of drug-likeness (QED) is 0.232. The first-order valence-corrected chi connectivity index (χ1v) is 12.0. The summed E-state index contributed by atoms with van der Waals surface area (Å²) in [7, 11) is -1.85.